The van der Waals surface area contributed by atoms with Crippen molar-refractivity contribution in [2.24, 2.45) is 0 Å². The summed E-state index contributed by atoms with van der Waals surface area (Å²) in [4.78, 5) is 4.19. The molecule has 0 radical (unpaired) electrons. The van der Waals surface area contributed by atoms with Gasteiger partial charge < -0.3 is 4.57 Å². The Hall–Kier alpha value is -1.34. The van der Waals surface area contributed by atoms with Gasteiger partial charge in [0.05, 0.1) is 11.7 Å². The van der Waals surface area contributed by atoms with Gasteiger partial charge in [-0.3, -0.25) is 0 Å². The van der Waals surface area contributed by atoms with E-state index >= 15 is 0 Å². The van der Waals surface area contributed by atoms with E-state index in [9.17, 15) is 0 Å². The van der Waals surface area contributed by atoms with Crippen LogP contribution in [0.2, 0.25) is 0 Å². The maximum Gasteiger partial charge on any atom is 0.124 e. The number of aryl methyl sites for hydroxylation is 2. The molecule has 0 unspecified atom stereocenters. The van der Waals surface area contributed by atoms with Crippen LogP contribution >= 0.6 is 15.9 Å². The Bertz CT molecular complexity index is 563. The predicted molar refractivity (Wildman–Crippen MR) is 62.6 cm³/mol. The van der Waals surface area contributed by atoms with Gasteiger partial charge in [-0.2, -0.15) is 5.26 Å². The number of pyridine rings is 1. The molecule has 2 rings (SSSR count). The molecule has 2 heterocycles. The second-order valence-electron chi connectivity index (χ2n) is 3.35. The standard InChI is InChI=1S/C11H10BrN3/c1-3-15-9(5-13)7(2)8-4-11(12)14-6-10(8)15/h4,6H,3H2,1-2H3. The Kier molecular flexibility index (Phi) is 2.49. The molecule has 0 aliphatic heterocycles. The zero-order valence-electron chi connectivity index (χ0n) is 8.58. The monoisotopic (exact) mass is 263 g/mol. The zero-order chi connectivity index (χ0) is 11.0. The average Bonchev–Trinajstić information content (AvgIpc) is 2.51. The quantitative estimate of drug-likeness (QED) is 0.743. The molecule has 2 aromatic rings. The molecule has 0 aromatic carbocycles. The zero-order valence-corrected chi connectivity index (χ0v) is 10.2. The molecule has 4 heteroatoms. The number of fused-ring (bicyclic) bond motifs is 1. The van der Waals surface area contributed by atoms with Crippen molar-refractivity contribution >= 4 is 26.8 Å². The minimum atomic E-state index is 0.729. The summed E-state index contributed by atoms with van der Waals surface area (Å²) in [5.41, 5.74) is 2.78. The van der Waals surface area contributed by atoms with Crippen molar-refractivity contribution in [1.82, 2.24) is 9.55 Å². The molecule has 76 valence electrons. The number of halogens is 1. The van der Waals surface area contributed by atoms with Crippen molar-refractivity contribution in [2.75, 3.05) is 0 Å². The van der Waals surface area contributed by atoms with Gasteiger partial charge in [0.1, 0.15) is 16.4 Å². The number of hydrogen-bond donors (Lipinski definition) is 0. The summed E-state index contributed by atoms with van der Waals surface area (Å²) in [7, 11) is 0. The lowest BCUT2D eigenvalue weighted by molar-refractivity contribution is 0.781. The van der Waals surface area contributed by atoms with Crippen LogP contribution in [0.15, 0.2) is 16.9 Å². The highest BCUT2D eigenvalue weighted by atomic mass is 79.9. The first-order valence-electron chi connectivity index (χ1n) is 4.73. The summed E-state index contributed by atoms with van der Waals surface area (Å²) in [5, 5.41) is 10.2. The van der Waals surface area contributed by atoms with E-state index in [1.54, 1.807) is 6.20 Å². The smallest absolute Gasteiger partial charge is 0.124 e. The topological polar surface area (TPSA) is 41.6 Å². The van der Waals surface area contributed by atoms with Crippen LogP contribution in [-0.2, 0) is 6.54 Å². The van der Waals surface area contributed by atoms with Crippen LogP contribution in [-0.4, -0.2) is 9.55 Å². The molecule has 2 aromatic heterocycles. The van der Waals surface area contributed by atoms with Crippen LogP contribution in [0, 0.1) is 18.3 Å². The number of nitrogens with zero attached hydrogens (tertiary/aromatic N) is 3. The summed E-state index contributed by atoms with van der Waals surface area (Å²) in [6.07, 6.45) is 1.80. The van der Waals surface area contributed by atoms with Gasteiger partial charge in [0, 0.05) is 11.9 Å². The van der Waals surface area contributed by atoms with Gasteiger partial charge in [0.2, 0.25) is 0 Å². The average molecular weight is 264 g/mol. The first-order valence-corrected chi connectivity index (χ1v) is 5.52. The molecule has 0 spiro atoms. The van der Waals surface area contributed by atoms with Crippen LogP contribution < -0.4 is 0 Å². The molecule has 0 amide bonds. The van der Waals surface area contributed by atoms with Crippen LogP contribution in [0.4, 0.5) is 0 Å². The van der Waals surface area contributed by atoms with Crippen molar-refractivity contribution in [3.8, 4) is 6.07 Å². The third kappa shape index (κ3) is 1.44. The summed E-state index contributed by atoms with van der Waals surface area (Å²) in [6.45, 7) is 4.79. The molecule has 0 saturated carbocycles. The second-order valence-corrected chi connectivity index (χ2v) is 4.17. The molecule has 0 saturated heterocycles. The Balaban J connectivity index is 2.92. The van der Waals surface area contributed by atoms with Gasteiger partial charge in [-0.1, -0.05) is 0 Å². The van der Waals surface area contributed by atoms with Crippen LogP contribution in [0.1, 0.15) is 18.2 Å². The molecule has 0 atom stereocenters. The lowest BCUT2D eigenvalue weighted by atomic mass is 10.2. The van der Waals surface area contributed by atoms with Crippen molar-refractivity contribution in [1.29, 1.82) is 5.26 Å². The van der Waals surface area contributed by atoms with E-state index in [1.807, 2.05) is 24.5 Å². The molecule has 0 bridgehead atoms. The number of hydrogen-bond acceptors (Lipinski definition) is 2. The molecule has 0 fully saturated rings. The fourth-order valence-electron chi connectivity index (χ4n) is 1.86. The Labute approximate surface area is 96.5 Å². The largest absolute Gasteiger partial charge is 0.331 e. The van der Waals surface area contributed by atoms with Crippen molar-refractivity contribution in [3.05, 3.63) is 28.1 Å². The van der Waals surface area contributed by atoms with Gasteiger partial charge in [-0.15, -0.1) is 0 Å². The maximum absolute atomic E-state index is 9.10. The minimum absolute atomic E-state index is 0.729. The van der Waals surface area contributed by atoms with Crippen molar-refractivity contribution in [3.63, 3.8) is 0 Å². The third-order valence-electron chi connectivity index (χ3n) is 2.59. The Morgan fingerprint density at radius 2 is 2.33 bits per heavy atom. The highest BCUT2D eigenvalue weighted by molar-refractivity contribution is 9.10. The highest BCUT2D eigenvalue weighted by Crippen LogP contribution is 2.26. The third-order valence-corrected chi connectivity index (χ3v) is 3.03. The molecule has 0 aliphatic carbocycles. The summed E-state index contributed by atoms with van der Waals surface area (Å²) >= 11 is 3.34. The van der Waals surface area contributed by atoms with E-state index in [1.165, 1.54) is 0 Å². The minimum Gasteiger partial charge on any atom is -0.331 e. The van der Waals surface area contributed by atoms with Gasteiger partial charge in [0.25, 0.3) is 0 Å². The van der Waals surface area contributed by atoms with E-state index in [4.69, 9.17) is 5.26 Å². The van der Waals surface area contributed by atoms with Crippen molar-refractivity contribution < 1.29 is 0 Å². The molecule has 0 N–H and O–H groups in total. The van der Waals surface area contributed by atoms with E-state index in [0.717, 1.165) is 33.3 Å². The first kappa shape index (κ1) is 10.2. The molecule has 15 heavy (non-hydrogen) atoms. The van der Waals surface area contributed by atoms with Gasteiger partial charge in [-0.05, 0) is 41.4 Å². The van der Waals surface area contributed by atoms with Gasteiger partial charge in [0.15, 0.2) is 0 Å². The van der Waals surface area contributed by atoms with E-state index in [-0.39, 0.29) is 0 Å². The molecule has 0 aliphatic rings. The number of nitriles is 1. The highest BCUT2D eigenvalue weighted by Gasteiger charge is 2.12. The van der Waals surface area contributed by atoms with Crippen LogP contribution in [0.5, 0.6) is 0 Å². The Morgan fingerprint density at radius 3 is 2.93 bits per heavy atom. The van der Waals surface area contributed by atoms with Crippen molar-refractivity contribution in [2.45, 2.75) is 20.4 Å². The van der Waals surface area contributed by atoms with E-state index in [2.05, 4.69) is 27.0 Å². The Morgan fingerprint density at radius 1 is 1.60 bits per heavy atom. The molecular formula is C11H10BrN3. The lowest BCUT2D eigenvalue weighted by Crippen LogP contribution is -1.97. The SMILES string of the molecule is CCn1c(C#N)c(C)c2cc(Br)ncc21. The van der Waals surface area contributed by atoms with Gasteiger partial charge in [-0.25, -0.2) is 4.98 Å². The second kappa shape index (κ2) is 3.67. The van der Waals surface area contributed by atoms with Crippen LogP contribution in [0.3, 0.4) is 0 Å². The number of aromatic nitrogens is 2. The van der Waals surface area contributed by atoms with E-state index < -0.39 is 0 Å². The fraction of sp³-hybridized carbons (Fsp3) is 0.273. The maximum atomic E-state index is 9.10. The number of rotatable bonds is 1. The van der Waals surface area contributed by atoms with E-state index in [0.29, 0.717) is 0 Å². The fourth-order valence-corrected chi connectivity index (χ4v) is 2.19. The summed E-state index contributed by atoms with van der Waals surface area (Å²) in [5.74, 6) is 0. The molecule has 3 nitrogen and oxygen atoms in total. The molecular weight excluding hydrogens is 254 g/mol. The summed E-state index contributed by atoms with van der Waals surface area (Å²) < 4.78 is 2.79. The lowest BCUT2D eigenvalue weighted by Gasteiger charge is -2.01. The first-order chi connectivity index (χ1) is 7.19. The normalized spacial score (nSPS) is 10.5. The summed E-state index contributed by atoms with van der Waals surface area (Å²) in [6, 6.07) is 4.20. The van der Waals surface area contributed by atoms with Gasteiger partial charge >= 0.3 is 0 Å². The predicted octanol–water partition coefficient (Wildman–Crippen LogP) is 3.00. The van der Waals surface area contributed by atoms with Crippen LogP contribution in [0.25, 0.3) is 10.9 Å².